The highest BCUT2D eigenvalue weighted by atomic mass is 35.5. The molecule has 0 fully saturated rings. The number of carbonyl (C=O) groups is 1. The number of hydrogen-bond acceptors (Lipinski definition) is 4. The van der Waals surface area contributed by atoms with Gasteiger partial charge in [0.05, 0.1) is 5.69 Å². The third-order valence-corrected chi connectivity index (χ3v) is 3.29. The summed E-state index contributed by atoms with van der Waals surface area (Å²) in [7, 11) is 2.89. The number of hydrogen-bond donors (Lipinski definition) is 1. The van der Waals surface area contributed by atoms with Crippen LogP contribution in [0.3, 0.4) is 0 Å². The van der Waals surface area contributed by atoms with E-state index in [1.54, 1.807) is 6.92 Å². The Kier molecular flexibility index (Phi) is 3.63. The zero-order valence-corrected chi connectivity index (χ0v) is 12.0. The van der Waals surface area contributed by atoms with Crippen LogP contribution in [-0.4, -0.2) is 25.9 Å². The molecule has 0 bridgehead atoms. The van der Waals surface area contributed by atoms with Crippen molar-refractivity contribution in [3.05, 3.63) is 32.6 Å². The molecule has 1 N–H and O–H groups in total. The van der Waals surface area contributed by atoms with Crippen molar-refractivity contribution < 1.29 is 4.79 Å². The fourth-order valence-electron chi connectivity index (χ4n) is 1.96. The van der Waals surface area contributed by atoms with Gasteiger partial charge in [0.15, 0.2) is 5.65 Å². The Balaban J connectivity index is 2.94. The van der Waals surface area contributed by atoms with Gasteiger partial charge in [0.1, 0.15) is 11.3 Å². The quantitative estimate of drug-likeness (QED) is 0.798. The smallest absolute Gasteiger partial charge is 0.324 e. The van der Waals surface area contributed by atoms with Crippen molar-refractivity contribution in [2.24, 2.45) is 14.1 Å². The lowest BCUT2D eigenvalue weighted by Crippen LogP contribution is -2.38. The molecular formula is C12H13ClN4O3. The number of anilines is 1. The Morgan fingerprint density at radius 3 is 2.60 bits per heavy atom. The number of carbonyl (C=O) groups excluding carboxylic acids is 1. The lowest BCUT2D eigenvalue weighted by molar-refractivity contribution is -0.113. The zero-order valence-electron chi connectivity index (χ0n) is 11.2. The van der Waals surface area contributed by atoms with Crippen LogP contribution in [0, 0.1) is 6.92 Å². The molecule has 0 aliphatic heterocycles. The molecule has 106 valence electrons. The minimum absolute atomic E-state index is 0.188. The Bertz CT molecular complexity index is 822. The standard InChI is InChI=1S/C12H13ClN4O3/c1-6-5-14-10-8(9(6)15-7(18)4-13)11(19)17(3)12(20)16(10)2/h5H,4H2,1-3H3,(H,14,15,18). The van der Waals surface area contributed by atoms with Gasteiger partial charge in [0.25, 0.3) is 5.56 Å². The van der Waals surface area contributed by atoms with E-state index in [2.05, 4.69) is 10.3 Å². The number of fused-ring (bicyclic) bond motifs is 1. The molecule has 0 aromatic carbocycles. The van der Waals surface area contributed by atoms with E-state index < -0.39 is 17.2 Å². The SMILES string of the molecule is Cc1cnc2c(c1NC(=O)CCl)c(=O)n(C)c(=O)n2C. The number of amides is 1. The van der Waals surface area contributed by atoms with Crippen LogP contribution in [0.5, 0.6) is 0 Å². The van der Waals surface area contributed by atoms with Gasteiger partial charge in [-0.15, -0.1) is 11.6 Å². The first-order valence-corrected chi connectivity index (χ1v) is 6.33. The van der Waals surface area contributed by atoms with Crippen molar-refractivity contribution in [3.63, 3.8) is 0 Å². The monoisotopic (exact) mass is 296 g/mol. The van der Waals surface area contributed by atoms with E-state index in [9.17, 15) is 14.4 Å². The predicted molar refractivity (Wildman–Crippen MR) is 76.3 cm³/mol. The van der Waals surface area contributed by atoms with Gasteiger partial charge in [-0.1, -0.05) is 0 Å². The van der Waals surface area contributed by atoms with Gasteiger partial charge in [-0.05, 0) is 12.5 Å². The molecule has 0 saturated carbocycles. The van der Waals surface area contributed by atoms with Crippen LogP contribution in [0.15, 0.2) is 15.8 Å². The van der Waals surface area contributed by atoms with Crippen molar-refractivity contribution >= 4 is 34.2 Å². The van der Waals surface area contributed by atoms with Crippen molar-refractivity contribution in [1.82, 2.24) is 14.1 Å². The number of pyridine rings is 1. The molecule has 0 radical (unpaired) electrons. The number of halogens is 1. The van der Waals surface area contributed by atoms with Gasteiger partial charge in [-0.3, -0.25) is 18.7 Å². The maximum atomic E-state index is 12.3. The zero-order chi connectivity index (χ0) is 15.0. The van der Waals surface area contributed by atoms with Crippen molar-refractivity contribution in [2.75, 3.05) is 11.2 Å². The molecule has 2 aromatic rings. The largest absolute Gasteiger partial charge is 0.332 e. The third-order valence-electron chi connectivity index (χ3n) is 3.04. The summed E-state index contributed by atoms with van der Waals surface area (Å²) < 4.78 is 2.23. The van der Waals surface area contributed by atoms with Crippen LogP contribution in [0.4, 0.5) is 5.69 Å². The second-order valence-electron chi connectivity index (χ2n) is 4.40. The second kappa shape index (κ2) is 5.09. The van der Waals surface area contributed by atoms with Crippen LogP contribution in [0.1, 0.15) is 5.56 Å². The van der Waals surface area contributed by atoms with Crippen LogP contribution in [0.2, 0.25) is 0 Å². The molecule has 20 heavy (non-hydrogen) atoms. The molecule has 2 heterocycles. The number of aryl methyl sites for hydroxylation is 2. The molecule has 1 amide bonds. The summed E-state index contributed by atoms with van der Waals surface area (Å²) in [5.74, 6) is -0.659. The lowest BCUT2D eigenvalue weighted by Gasteiger charge is -2.13. The van der Waals surface area contributed by atoms with Crippen molar-refractivity contribution in [2.45, 2.75) is 6.92 Å². The molecular weight excluding hydrogens is 284 g/mol. The van der Waals surface area contributed by atoms with Crippen LogP contribution in [-0.2, 0) is 18.9 Å². The van der Waals surface area contributed by atoms with Gasteiger partial charge in [-0.25, -0.2) is 9.78 Å². The number of nitrogens with zero attached hydrogens (tertiary/aromatic N) is 3. The van der Waals surface area contributed by atoms with Crippen molar-refractivity contribution in [1.29, 1.82) is 0 Å². The Morgan fingerprint density at radius 1 is 1.35 bits per heavy atom. The van der Waals surface area contributed by atoms with E-state index in [-0.39, 0.29) is 16.9 Å². The maximum Gasteiger partial charge on any atom is 0.332 e. The summed E-state index contributed by atoms with van der Waals surface area (Å²) in [6.07, 6.45) is 1.49. The summed E-state index contributed by atoms with van der Waals surface area (Å²) in [6.45, 7) is 1.71. The van der Waals surface area contributed by atoms with Gasteiger partial charge in [-0.2, -0.15) is 0 Å². The normalized spacial score (nSPS) is 10.8. The average Bonchev–Trinajstić information content (AvgIpc) is 2.44. The molecule has 2 aromatic heterocycles. The van der Waals surface area contributed by atoms with E-state index in [1.807, 2.05) is 0 Å². The molecule has 7 nitrogen and oxygen atoms in total. The first kappa shape index (κ1) is 14.3. The molecule has 0 saturated heterocycles. The number of aromatic nitrogens is 3. The second-order valence-corrected chi connectivity index (χ2v) is 4.67. The Morgan fingerprint density at radius 2 is 2.00 bits per heavy atom. The Labute approximate surface area is 118 Å². The van der Waals surface area contributed by atoms with Crippen LogP contribution >= 0.6 is 11.6 Å². The fraction of sp³-hybridized carbons (Fsp3) is 0.333. The third kappa shape index (κ3) is 2.09. The topological polar surface area (TPSA) is 86.0 Å². The lowest BCUT2D eigenvalue weighted by atomic mass is 10.2. The van der Waals surface area contributed by atoms with Crippen LogP contribution < -0.4 is 16.6 Å². The van der Waals surface area contributed by atoms with E-state index in [0.29, 0.717) is 11.3 Å². The first-order valence-electron chi connectivity index (χ1n) is 5.79. The summed E-state index contributed by atoms with van der Waals surface area (Å²) in [6, 6.07) is 0. The predicted octanol–water partition coefficient (Wildman–Crippen LogP) is 0.118. The van der Waals surface area contributed by atoms with E-state index in [0.717, 1.165) is 4.57 Å². The molecule has 8 heteroatoms. The molecule has 0 atom stereocenters. The summed E-state index contributed by atoms with van der Waals surface area (Å²) in [5, 5.41) is 2.77. The number of nitrogens with one attached hydrogen (secondary N) is 1. The van der Waals surface area contributed by atoms with Crippen molar-refractivity contribution in [3.8, 4) is 0 Å². The summed E-state index contributed by atoms with van der Waals surface area (Å²) >= 11 is 5.47. The van der Waals surface area contributed by atoms with Gasteiger partial charge in [0.2, 0.25) is 5.91 Å². The highest BCUT2D eigenvalue weighted by Crippen LogP contribution is 2.21. The van der Waals surface area contributed by atoms with Gasteiger partial charge in [0, 0.05) is 20.3 Å². The maximum absolute atomic E-state index is 12.3. The molecule has 0 aliphatic rings. The highest BCUT2D eigenvalue weighted by molar-refractivity contribution is 6.29. The minimum atomic E-state index is -0.510. The Hall–Kier alpha value is -2.15. The molecule has 0 aliphatic carbocycles. The summed E-state index contributed by atoms with van der Waals surface area (Å²) in [4.78, 5) is 39.7. The number of rotatable bonds is 2. The van der Waals surface area contributed by atoms with Gasteiger partial charge < -0.3 is 5.32 Å². The average molecular weight is 297 g/mol. The first-order chi connectivity index (χ1) is 9.38. The summed E-state index contributed by atoms with van der Waals surface area (Å²) in [5.41, 5.74) is 0.176. The molecule has 0 unspecified atom stereocenters. The fourth-order valence-corrected chi connectivity index (χ4v) is 2.02. The van der Waals surface area contributed by atoms with Gasteiger partial charge >= 0.3 is 5.69 Å². The number of alkyl halides is 1. The van der Waals surface area contributed by atoms with E-state index >= 15 is 0 Å². The molecule has 0 spiro atoms. The van der Waals surface area contributed by atoms with E-state index in [1.165, 1.54) is 24.9 Å². The minimum Gasteiger partial charge on any atom is -0.324 e. The molecule has 2 rings (SSSR count). The van der Waals surface area contributed by atoms with E-state index in [4.69, 9.17) is 11.6 Å². The highest BCUT2D eigenvalue weighted by Gasteiger charge is 2.16. The van der Waals surface area contributed by atoms with Crippen LogP contribution in [0.25, 0.3) is 11.0 Å².